The molecule has 0 aliphatic heterocycles. The van der Waals surface area contributed by atoms with Crippen LogP contribution in [-0.4, -0.2) is 44.6 Å². The van der Waals surface area contributed by atoms with Crippen molar-refractivity contribution >= 4 is 34.7 Å². The van der Waals surface area contributed by atoms with E-state index in [1.807, 2.05) is 49.5 Å². The van der Waals surface area contributed by atoms with Crippen molar-refractivity contribution in [2.75, 3.05) is 25.7 Å². The van der Waals surface area contributed by atoms with Gasteiger partial charge in [0.05, 0.1) is 22.9 Å². The number of rotatable bonds is 7. The third kappa shape index (κ3) is 12.1. The molecule has 0 unspecified atom stereocenters. The van der Waals surface area contributed by atoms with E-state index >= 15 is 0 Å². The Kier molecular flexibility index (Phi) is 16.6. The molecule has 2 fully saturated rings. The van der Waals surface area contributed by atoms with Crippen LogP contribution in [0.25, 0.3) is 27.6 Å². The first-order valence-corrected chi connectivity index (χ1v) is 20.1. The molecule has 0 spiro atoms. The molecule has 8 heteroatoms. The first kappa shape index (κ1) is 38.9. The largest absolute Gasteiger partial charge is 2.00 e. The van der Waals surface area contributed by atoms with Crippen LogP contribution in [0, 0.1) is 6.07 Å². The zero-order chi connectivity index (χ0) is 32.8. The van der Waals surface area contributed by atoms with Crippen LogP contribution >= 0.6 is 7.92 Å². The van der Waals surface area contributed by atoms with Gasteiger partial charge in [0.1, 0.15) is 0 Å². The number of anilines is 1. The van der Waals surface area contributed by atoms with Crippen LogP contribution in [0.15, 0.2) is 97.1 Å². The van der Waals surface area contributed by atoms with Gasteiger partial charge in [0.2, 0.25) is 0 Å². The van der Waals surface area contributed by atoms with Gasteiger partial charge in [0.25, 0.3) is 10.1 Å². The fourth-order valence-electron chi connectivity index (χ4n) is 6.96. The molecule has 0 radical (unpaired) electrons. The van der Waals surface area contributed by atoms with Crippen LogP contribution in [-0.2, 0) is 30.5 Å². The first-order chi connectivity index (χ1) is 22.3. The van der Waals surface area contributed by atoms with Gasteiger partial charge in [-0.25, -0.2) is 0 Å². The summed E-state index contributed by atoms with van der Waals surface area (Å²) in [5.41, 5.74) is 9.36. The number of hydrogen-bond donors (Lipinski definition) is 2. The van der Waals surface area contributed by atoms with Gasteiger partial charge in [-0.15, -0.1) is 48.5 Å². The normalized spacial score (nSPS) is 15.3. The standard InChI is InChI=1S/C25H34NP.C13H11N.CH4O3S.Pd/c1-26-24-18-10-8-16-22(24)23-17-9-11-19-25(23)27(20-12-4-2-5-13-20)21-14-6-3-7-15-21;1-14-13-10-6-5-9-12(13)11-7-3-2-4-8-11;1-5(2,3)4;/h8-11,16-21,26H,2-7,12-15H2,1H3;2-7,9-10H,1H3;1H3,(H,2,3,4);/q;-2;;+2/p+1. The minimum absolute atomic E-state index is 0. The summed E-state index contributed by atoms with van der Waals surface area (Å²) in [6, 6.07) is 37.5. The molecule has 5 nitrogen and oxygen atoms in total. The van der Waals surface area contributed by atoms with Crippen LogP contribution in [0.3, 0.4) is 0 Å². The van der Waals surface area contributed by atoms with E-state index in [4.69, 9.17) is 4.55 Å². The monoisotopic (exact) mass is 763 g/mol. The summed E-state index contributed by atoms with van der Waals surface area (Å²) < 4.78 is 25.9. The Hall–Kier alpha value is -2.52. The number of hydrogen-bond acceptors (Lipinski definition) is 3. The molecular formula is C39H50N2O3PPdS+. The molecule has 254 valence electrons. The van der Waals surface area contributed by atoms with E-state index in [1.165, 1.54) is 81.0 Å². The van der Waals surface area contributed by atoms with E-state index in [2.05, 4.69) is 78.3 Å². The van der Waals surface area contributed by atoms with Crippen molar-refractivity contribution in [3.63, 3.8) is 0 Å². The average Bonchev–Trinajstić information content (AvgIpc) is 3.09. The van der Waals surface area contributed by atoms with Gasteiger partial charge in [-0.3, -0.25) is 4.55 Å². The topological polar surface area (TPSA) is 80.5 Å². The predicted molar refractivity (Wildman–Crippen MR) is 200 cm³/mol. The summed E-state index contributed by atoms with van der Waals surface area (Å²) in [6.07, 6.45) is 15.4. The number of para-hydroxylation sites is 2. The molecule has 47 heavy (non-hydrogen) atoms. The van der Waals surface area contributed by atoms with Gasteiger partial charge >= 0.3 is 20.4 Å². The van der Waals surface area contributed by atoms with E-state index in [-0.39, 0.29) is 20.4 Å². The van der Waals surface area contributed by atoms with Crippen molar-refractivity contribution in [2.45, 2.75) is 75.5 Å². The van der Waals surface area contributed by atoms with E-state index in [9.17, 15) is 8.42 Å². The van der Waals surface area contributed by atoms with E-state index in [0.29, 0.717) is 6.26 Å². The van der Waals surface area contributed by atoms with Crippen LogP contribution in [0.1, 0.15) is 64.2 Å². The van der Waals surface area contributed by atoms with E-state index in [1.54, 1.807) is 5.30 Å². The molecule has 4 aromatic carbocycles. The quantitative estimate of drug-likeness (QED) is 0.0850. The Morgan fingerprint density at radius 2 is 1.21 bits per heavy atom. The molecule has 0 heterocycles. The number of nitrogens with one attached hydrogen (secondary N) is 1. The molecule has 2 aliphatic rings. The van der Waals surface area contributed by atoms with Gasteiger partial charge in [-0.05, 0) is 63.5 Å². The summed E-state index contributed by atoms with van der Waals surface area (Å²) >= 11 is 0. The van der Waals surface area contributed by atoms with Gasteiger partial charge in [0.15, 0.2) is 0 Å². The summed E-state index contributed by atoms with van der Waals surface area (Å²) in [7, 11) is -0.361. The minimum Gasteiger partial charge on any atom is -0.694 e. The average molecular weight is 764 g/mol. The maximum atomic E-state index is 9.19. The molecule has 2 aliphatic carbocycles. The maximum absolute atomic E-state index is 9.19. The molecule has 0 bridgehead atoms. The SMILES string of the molecule is CNc1ccccc1-c1ccccc1[PH+](C1CCCCC1)C1CCCCC1.CS(=O)(=O)O.C[N-]c1ccccc1-c1[c-]cccc1.[Pd+2]. The maximum Gasteiger partial charge on any atom is 2.00 e. The third-order valence-electron chi connectivity index (χ3n) is 8.96. The van der Waals surface area contributed by atoms with Gasteiger partial charge < -0.3 is 10.6 Å². The van der Waals surface area contributed by atoms with Crippen molar-refractivity contribution in [1.82, 2.24) is 0 Å². The second-order valence-electron chi connectivity index (χ2n) is 12.2. The summed E-state index contributed by atoms with van der Waals surface area (Å²) in [5, 5.41) is 9.38. The van der Waals surface area contributed by atoms with Crippen molar-refractivity contribution < 1.29 is 33.4 Å². The molecular weight excluding hydrogens is 714 g/mol. The molecule has 0 amide bonds. The Morgan fingerprint density at radius 3 is 1.74 bits per heavy atom. The first-order valence-electron chi connectivity index (χ1n) is 16.6. The number of nitrogens with zero attached hydrogens (tertiary/aromatic N) is 1. The van der Waals surface area contributed by atoms with Gasteiger partial charge in [-0.1, -0.05) is 73.5 Å². The fourth-order valence-corrected chi connectivity index (χ4v) is 11.4. The number of benzene rings is 4. The van der Waals surface area contributed by atoms with Gasteiger partial charge in [0, 0.05) is 31.8 Å². The smallest absolute Gasteiger partial charge is 0.694 e. The van der Waals surface area contributed by atoms with Gasteiger partial charge in [-0.2, -0.15) is 14.1 Å². The molecule has 2 saturated carbocycles. The zero-order valence-electron chi connectivity index (χ0n) is 27.9. The fraction of sp³-hybridized carbons (Fsp3) is 0.385. The Labute approximate surface area is 298 Å². The molecule has 0 aromatic heterocycles. The Morgan fingerprint density at radius 1 is 0.723 bits per heavy atom. The van der Waals surface area contributed by atoms with Crippen LogP contribution in [0.2, 0.25) is 0 Å². The second kappa shape index (κ2) is 20.1. The summed E-state index contributed by atoms with van der Waals surface area (Å²) in [6.45, 7) is 0. The van der Waals surface area contributed by atoms with Crippen molar-refractivity contribution in [3.8, 4) is 22.3 Å². The van der Waals surface area contributed by atoms with Crippen LogP contribution in [0.5, 0.6) is 0 Å². The van der Waals surface area contributed by atoms with E-state index < -0.39 is 18.0 Å². The van der Waals surface area contributed by atoms with Crippen LogP contribution in [0.4, 0.5) is 11.4 Å². The molecule has 6 rings (SSSR count). The summed E-state index contributed by atoms with van der Waals surface area (Å²) in [5.74, 6) is 0. The second-order valence-corrected chi connectivity index (χ2v) is 16.8. The predicted octanol–water partition coefficient (Wildman–Crippen LogP) is 10.2. The molecule has 4 aromatic rings. The van der Waals surface area contributed by atoms with Crippen molar-refractivity contribution in [3.05, 3.63) is 108 Å². The van der Waals surface area contributed by atoms with Crippen molar-refractivity contribution in [1.29, 1.82) is 0 Å². The third-order valence-corrected chi connectivity index (χ3v) is 12.9. The Balaban J connectivity index is 0.000000251. The molecule has 0 saturated heterocycles. The summed E-state index contributed by atoms with van der Waals surface area (Å²) in [4.78, 5) is 0. The molecule has 0 atom stereocenters. The minimum atomic E-state index is -3.67. The molecule has 2 N–H and O–H groups in total. The Bertz CT molecular complexity index is 1560. The van der Waals surface area contributed by atoms with E-state index in [0.717, 1.165) is 28.1 Å². The zero-order valence-corrected chi connectivity index (χ0v) is 31.3. The van der Waals surface area contributed by atoms with Crippen LogP contribution < -0.4 is 10.6 Å². The van der Waals surface area contributed by atoms with Crippen molar-refractivity contribution in [2.24, 2.45) is 0 Å².